The van der Waals surface area contributed by atoms with Gasteiger partial charge in [-0.15, -0.1) is 24.0 Å². The Bertz CT molecular complexity index is 706. The molecule has 1 saturated heterocycles. The molecule has 0 aromatic heterocycles. The maximum absolute atomic E-state index is 14.0. The van der Waals surface area contributed by atoms with E-state index in [2.05, 4.69) is 25.4 Å². The second kappa shape index (κ2) is 11.1. The SMILES string of the molecule is CCN=C(NC1CC1c1ccccc1F)N1CCN(CC(=O)NC(C)C)CC1.I. The summed E-state index contributed by atoms with van der Waals surface area (Å²) in [5.74, 6) is 1.07. The molecular formula is C21H33FIN5O. The average molecular weight is 517 g/mol. The van der Waals surface area contributed by atoms with Crippen LogP contribution >= 0.6 is 24.0 Å². The summed E-state index contributed by atoms with van der Waals surface area (Å²) >= 11 is 0. The average Bonchev–Trinajstić information content (AvgIpc) is 3.40. The number of nitrogens with zero attached hydrogens (tertiary/aromatic N) is 3. The maximum atomic E-state index is 14.0. The van der Waals surface area contributed by atoms with Crippen LogP contribution in [0.3, 0.4) is 0 Å². The zero-order valence-electron chi connectivity index (χ0n) is 17.5. The molecule has 2 atom stereocenters. The molecule has 1 amide bonds. The first-order valence-electron chi connectivity index (χ1n) is 10.3. The summed E-state index contributed by atoms with van der Waals surface area (Å²) in [6, 6.07) is 7.43. The molecule has 1 aliphatic heterocycles. The minimum atomic E-state index is -0.126. The summed E-state index contributed by atoms with van der Waals surface area (Å²) in [7, 11) is 0. The van der Waals surface area contributed by atoms with Gasteiger partial charge < -0.3 is 15.5 Å². The highest BCUT2D eigenvalue weighted by atomic mass is 127. The zero-order chi connectivity index (χ0) is 20.1. The van der Waals surface area contributed by atoms with Crippen molar-refractivity contribution < 1.29 is 9.18 Å². The summed E-state index contributed by atoms with van der Waals surface area (Å²) in [4.78, 5) is 21.0. The predicted molar refractivity (Wildman–Crippen MR) is 125 cm³/mol. The van der Waals surface area contributed by atoms with Crippen molar-refractivity contribution in [1.82, 2.24) is 20.4 Å². The highest BCUT2D eigenvalue weighted by Crippen LogP contribution is 2.41. The summed E-state index contributed by atoms with van der Waals surface area (Å²) < 4.78 is 14.0. The molecule has 1 aliphatic carbocycles. The van der Waals surface area contributed by atoms with Crippen molar-refractivity contribution in [3.05, 3.63) is 35.6 Å². The van der Waals surface area contributed by atoms with Crippen LogP contribution in [0.25, 0.3) is 0 Å². The number of carbonyl (C=O) groups is 1. The normalized spacial score (nSPS) is 22.2. The van der Waals surface area contributed by atoms with Gasteiger partial charge in [0.05, 0.1) is 6.54 Å². The Morgan fingerprint density at radius 1 is 1.24 bits per heavy atom. The molecule has 0 spiro atoms. The zero-order valence-corrected chi connectivity index (χ0v) is 19.9. The number of hydrogen-bond acceptors (Lipinski definition) is 3. The van der Waals surface area contributed by atoms with E-state index in [0.29, 0.717) is 13.1 Å². The molecule has 162 valence electrons. The fourth-order valence-corrected chi connectivity index (χ4v) is 3.72. The second-order valence-electron chi connectivity index (χ2n) is 7.90. The molecule has 0 bridgehead atoms. The quantitative estimate of drug-likeness (QED) is 0.346. The van der Waals surface area contributed by atoms with Gasteiger partial charge >= 0.3 is 0 Å². The van der Waals surface area contributed by atoms with Crippen molar-refractivity contribution in [2.45, 2.75) is 45.2 Å². The third-order valence-corrected chi connectivity index (χ3v) is 5.21. The molecule has 3 rings (SSSR count). The van der Waals surface area contributed by atoms with Crippen molar-refractivity contribution in [3.63, 3.8) is 0 Å². The molecule has 2 aliphatic rings. The largest absolute Gasteiger partial charge is 0.353 e. The lowest BCUT2D eigenvalue weighted by Gasteiger charge is -2.36. The second-order valence-corrected chi connectivity index (χ2v) is 7.90. The number of rotatable bonds is 6. The number of nitrogens with one attached hydrogen (secondary N) is 2. The summed E-state index contributed by atoms with van der Waals surface area (Å²) in [6.07, 6.45) is 0.930. The van der Waals surface area contributed by atoms with Crippen LogP contribution in [0.4, 0.5) is 4.39 Å². The summed E-state index contributed by atoms with van der Waals surface area (Å²) in [5.41, 5.74) is 0.789. The third kappa shape index (κ3) is 6.80. The monoisotopic (exact) mass is 517 g/mol. The van der Waals surface area contributed by atoms with Crippen molar-refractivity contribution >= 4 is 35.8 Å². The van der Waals surface area contributed by atoms with Gasteiger partial charge in [-0.2, -0.15) is 0 Å². The number of amides is 1. The van der Waals surface area contributed by atoms with Crippen LogP contribution in [0, 0.1) is 5.82 Å². The van der Waals surface area contributed by atoms with Gasteiger partial charge in [0.1, 0.15) is 5.82 Å². The maximum Gasteiger partial charge on any atom is 0.234 e. The highest BCUT2D eigenvalue weighted by molar-refractivity contribution is 14.0. The molecule has 1 aromatic rings. The standard InChI is InChI=1S/C21H32FN5O.HI/c1-4-23-21(25-19-13-17(19)16-7-5-6-8-18(16)22)27-11-9-26(10-12-27)14-20(28)24-15(2)3;/h5-8,15,17,19H,4,9-14H2,1-3H3,(H,23,25)(H,24,28);1H. The van der Waals surface area contributed by atoms with Crippen LogP contribution in [0.15, 0.2) is 29.3 Å². The molecule has 1 aromatic carbocycles. The fraction of sp³-hybridized carbons (Fsp3) is 0.619. The van der Waals surface area contributed by atoms with Crippen LogP contribution in [-0.4, -0.2) is 73.0 Å². The molecule has 2 unspecified atom stereocenters. The lowest BCUT2D eigenvalue weighted by atomic mass is 10.1. The van der Waals surface area contributed by atoms with E-state index in [1.54, 1.807) is 6.07 Å². The van der Waals surface area contributed by atoms with E-state index in [0.717, 1.165) is 44.1 Å². The Balaban J connectivity index is 0.00000300. The summed E-state index contributed by atoms with van der Waals surface area (Å²) in [6.45, 7) is 10.4. The third-order valence-electron chi connectivity index (χ3n) is 5.21. The van der Waals surface area contributed by atoms with E-state index in [4.69, 9.17) is 0 Å². The number of halogens is 2. The molecule has 8 heteroatoms. The molecule has 1 saturated carbocycles. The Kier molecular flexibility index (Phi) is 9.13. The van der Waals surface area contributed by atoms with E-state index in [1.807, 2.05) is 32.9 Å². The number of hydrogen-bond donors (Lipinski definition) is 2. The first-order valence-corrected chi connectivity index (χ1v) is 10.3. The number of benzene rings is 1. The van der Waals surface area contributed by atoms with Gasteiger partial charge in [0, 0.05) is 50.7 Å². The number of aliphatic imine (C=N–C) groups is 1. The van der Waals surface area contributed by atoms with Crippen LogP contribution in [0.5, 0.6) is 0 Å². The molecule has 6 nitrogen and oxygen atoms in total. The minimum Gasteiger partial charge on any atom is -0.353 e. The molecule has 2 N–H and O–H groups in total. The first kappa shape index (κ1) is 23.9. The smallest absolute Gasteiger partial charge is 0.234 e. The lowest BCUT2D eigenvalue weighted by Crippen LogP contribution is -2.54. The van der Waals surface area contributed by atoms with E-state index >= 15 is 0 Å². The van der Waals surface area contributed by atoms with Crippen LogP contribution in [0.1, 0.15) is 38.7 Å². The van der Waals surface area contributed by atoms with Gasteiger partial charge in [0.2, 0.25) is 5.91 Å². The Labute approximate surface area is 190 Å². The lowest BCUT2D eigenvalue weighted by molar-refractivity contribution is -0.123. The predicted octanol–water partition coefficient (Wildman–Crippen LogP) is 2.41. The molecular weight excluding hydrogens is 484 g/mol. The Morgan fingerprint density at radius 2 is 1.93 bits per heavy atom. The molecule has 1 heterocycles. The first-order chi connectivity index (χ1) is 13.5. The van der Waals surface area contributed by atoms with Crippen LogP contribution in [-0.2, 0) is 4.79 Å². The number of piperazine rings is 1. The highest BCUT2D eigenvalue weighted by Gasteiger charge is 2.41. The number of carbonyl (C=O) groups excluding carboxylic acids is 1. The van der Waals surface area contributed by atoms with E-state index in [9.17, 15) is 9.18 Å². The van der Waals surface area contributed by atoms with Crippen molar-refractivity contribution in [1.29, 1.82) is 0 Å². The molecule has 29 heavy (non-hydrogen) atoms. The molecule has 2 fully saturated rings. The van der Waals surface area contributed by atoms with Gasteiger partial charge in [-0.1, -0.05) is 18.2 Å². The topological polar surface area (TPSA) is 60.0 Å². The van der Waals surface area contributed by atoms with Gasteiger partial charge in [-0.05, 0) is 38.8 Å². The van der Waals surface area contributed by atoms with Crippen LogP contribution in [0.2, 0.25) is 0 Å². The van der Waals surface area contributed by atoms with Gasteiger partial charge in [-0.25, -0.2) is 4.39 Å². The van der Waals surface area contributed by atoms with Gasteiger partial charge in [0.15, 0.2) is 5.96 Å². The van der Waals surface area contributed by atoms with Crippen LogP contribution < -0.4 is 10.6 Å². The van der Waals surface area contributed by atoms with E-state index in [1.165, 1.54) is 6.07 Å². The van der Waals surface area contributed by atoms with E-state index < -0.39 is 0 Å². The molecule has 0 radical (unpaired) electrons. The van der Waals surface area contributed by atoms with Gasteiger partial charge in [0.25, 0.3) is 0 Å². The Hall–Kier alpha value is -1.42. The van der Waals surface area contributed by atoms with E-state index in [-0.39, 0.29) is 53.7 Å². The van der Waals surface area contributed by atoms with Crippen molar-refractivity contribution in [3.8, 4) is 0 Å². The van der Waals surface area contributed by atoms with Crippen molar-refractivity contribution in [2.75, 3.05) is 39.3 Å². The van der Waals surface area contributed by atoms with Crippen molar-refractivity contribution in [2.24, 2.45) is 4.99 Å². The Morgan fingerprint density at radius 3 is 2.55 bits per heavy atom. The minimum absolute atomic E-state index is 0. The fourth-order valence-electron chi connectivity index (χ4n) is 3.72. The number of guanidine groups is 1. The van der Waals surface area contributed by atoms with Gasteiger partial charge in [-0.3, -0.25) is 14.7 Å². The summed E-state index contributed by atoms with van der Waals surface area (Å²) in [5, 5.41) is 6.47.